The van der Waals surface area contributed by atoms with Crippen LogP contribution in [-0.2, 0) is 6.42 Å². The standard InChI is InChI=1S/C14H14ClN3O/c1-3-10-7-13(17-8-16-10)14(19)18-12-5-4-9(2)6-11(12)15/h4-8H,3H2,1-2H3,(H,18,19). The first-order chi connectivity index (χ1) is 9.10. The quantitative estimate of drug-likeness (QED) is 0.935. The molecule has 0 saturated carbocycles. The molecule has 1 aromatic heterocycles. The first-order valence-electron chi connectivity index (χ1n) is 5.98. The van der Waals surface area contributed by atoms with Crippen LogP contribution in [0.4, 0.5) is 5.69 Å². The van der Waals surface area contributed by atoms with Gasteiger partial charge >= 0.3 is 0 Å². The highest BCUT2D eigenvalue weighted by Gasteiger charge is 2.10. The average molecular weight is 276 g/mol. The minimum atomic E-state index is -0.289. The summed E-state index contributed by atoms with van der Waals surface area (Å²) in [6, 6.07) is 7.14. The Hall–Kier alpha value is -1.94. The number of hydrogen-bond donors (Lipinski definition) is 1. The van der Waals surface area contributed by atoms with E-state index in [1.165, 1.54) is 6.33 Å². The molecule has 1 amide bonds. The molecule has 0 aliphatic carbocycles. The molecule has 0 unspecified atom stereocenters. The van der Waals surface area contributed by atoms with E-state index in [1.807, 2.05) is 19.9 Å². The van der Waals surface area contributed by atoms with E-state index in [-0.39, 0.29) is 5.91 Å². The van der Waals surface area contributed by atoms with Gasteiger partial charge in [0.15, 0.2) is 0 Å². The molecular weight excluding hydrogens is 262 g/mol. The molecule has 0 saturated heterocycles. The van der Waals surface area contributed by atoms with Crippen LogP contribution >= 0.6 is 11.6 Å². The van der Waals surface area contributed by atoms with Crippen molar-refractivity contribution in [3.05, 3.63) is 52.6 Å². The van der Waals surface area contributed by atoms with Gasteiger partial charge in [0.1, 0.15) is 12.0 Å². The van der Waals surface area contributed by atoms with Gasteiger partial charge in [0, 0.05) is 5.69 Å². The summed E-state index contributed by atoms with van der Waals surface area (Å²) in [7, 11) is 0. The van der Waals surface area contributed by atoms with Gasteiger partial charge in [-0.15, -0.1) is 0 Å². The van der Waals surface area contributed by atoms with Crippen LogP contribution in [0.5, 0.6) is 0 Å². The second-order valence-electron chi connectivity index (χ2n) is 4.19. The number of carbonyl (C=O) groups excluding carboxylic acids is 1. The fraction of sp³-hybridized carbons (Fsp3) is 0.214. The highest BCUT2D eigenvalue weighted by Crippen LogP contribution is 2.23. The molecule has 19 heavy (non-hydrogen) atoms. The lowest BCUT2D eigenvalue weighted by molar-refractivity contribution is 0.102. The molecule has 0 fully saturated rings. The number of halogens is 1. The van der Waals surface area contributed by atoms with Crippen LogP contribution < -0.4 is 5.32 Å². The lowest BCUT2D eigenvalue weighted by atomic mass is 10.2. The maximum atomic E-state index is 12.1. The van der Waals surface area contributed by atoms with Crippen LogP contribution in [0.3, 0.4) is 0 Å². The third kappa shape index (κ3) is 3.29. The molecule has 2 rings (SSSR count). The van der Waals surface area contributed by atoms with Gasteiger partial charge < -0.3 is 5.32 Å². The number of anilines is 1. The highest BCUT2D eigenvalue weighted by atomic mass is 35.5. The summed E-state index contributed by atoms with van der Waals surface area (Å²) in [6.45, 7) is 3.91. The van der Waals surface area contributed by atoms with E-state index in [9.17, 15) is 4.79 Å². The van der Waals surface area contributed by atoms with Crippen LogP contribution in [0, 0.1) is 6.92 Å². The second kappa shape index (κ2) is 5.80. The molecule has 98 valence electrons. The number of hydrogen-bond acceptors (Lipinski definition) is 3. The number of aryl methyl sites for hydroxylation is 2. The smallest absolute Gasteiger partial charge is 0.274 e. The molecule has 1 heterocycles. The predicted molar refractivity (Wildman–Crippen MR) is 75.6 cm³/mol. The summed E-state index contributed by atoms with van der Waals surface area (Å²) in [5.41, 5.74) is 2.78. The van der Waals surface area contributed by atoms with E-state index in [0.29, 0.717) is 16.4 Å². The van der Waals surface area contributed by atoms with Crippen LogP contribution in [-0.4, -0.2) is 15.9 Å². The number of rotatable bonds is 3. The van der Waals surface area contributed by atoms with Crippen molar-refractivity contribution in [2.24, 2.45) is 0 Å². The summed E-state index contributed by atoms with van der Waals surface area (Å²) < 4.78 is 0. The van der Waals surface area contributed by atoms with Gasteiger partial charge in [0.2, 0.25) is 0 Å². The van der Waals surface area contributed by atoms with Crippen molar-refractivity contribution in [3.8, 4) is 0 Å². The Morgan fingerprint density at radius 1 is 1.32 bits per heavy atom. The Labute approximate surface area is 116 Å². The molecule has 0 aliphatic rings. The molecule has 5 heteroatoms. The molecule has 0 radical (unpaired) electrons. The van der Waals surface area contributed by atoms with Gasteiger partial charge in [-0.05, 0) is 37.1 Å². The number of nitrogens with zero attached hydrogens (tertiary/aromatic N) is 2. The summed E-state index contributed by atoms with van der Waals surface area (Å²) in [5.74, 6) is -0.289. The van der Waals surface area contributed by atoms with Crippen LogP contribution in [0.15, 0.2) is 30.6 Å². The number of benzene rings is 1. The van der Waals surface area contributed by atoms with E-state index < -0.39 is 0 Å². The normalized spacial score (nSPS) is 10.3. The van der Waals surface area contributed by atoms with Crippen molar-refractivity contribution in [2.45, 2.75) is 20.3 Å². The zero-order chi connectivity index (χ0) is 13.8. The molecule has 2 aromatic rings. The van der Waals surface area contributed by atoms with E-state index in [2.05, 4.69) is 15.3 Å². The number of nitrogens with one attached hydrogen (secondary N) is 1. The third-order valence-corrected chi connectivity index (χ3v) is 3.00. The fourth-order valence-electron chi connectivity index (χ4n) is 1.62. The summed E-state index contributed by atoms with van der Waals surface area (Å²) in [6.07, 6.45) is 2.15. The Balaban J connectivity index is 2.20. The third-order valence-electron chi connectivity index (χ3n) is 2.69. The first-order valence-corrected chi connectivity index (χ1v) is 6.36. The van der Waals surface area contributed by atoms with E-state index in [1.54, 1.807) is 18.2 Å². The number of aromatic nitrogens is 2. The van der Waals surface area contributed by atoms with Crippen LogP contribution in [0.25, 0.3) is 0 Å². The molecule has 4 nitrogen and oxygen atoms in total. The Kier molecular flexibility index (Phi) is 4.12. The van der Waals surface area contributed by atoms with E-state index >= 15 is 0 Å². The van der Waals surface area contributed by atoms with Gasteiger partial charge in [-0.2, -0.15) is 0 Å². The highest BCUT2D eigenvalue weighted by molar-refractivity contribution is 6.34. The summed E-state index contributed by atoms with van der Waals surface area (Å²) >= 11 is 6.07. The van der Waals surface area contributed by atoms with Crippen LogP contribution in [0.1, 0.15) is 28.7 Å². The van der Waals surface area contributed by atoms with Crippen molar-refractivity contribution in [1.29, 1.82) is 0 Å². The molecule has 0 spiro atoms. The number of carbonyl (C=O) groups is 1. The average Bonchev–Trinajstić information content (AvgIpc) is 2.42. The first kappa shape index (κ1) is 13.5. The monoisotopic (exact) mass is 275 g/mol. The molecule has 0 bridgehead atoms. The van der Waals surface area contributed by atoms with Gasteiger partial charge in [-0.1, -0.05) is 24.6 Å². The largest absolute Gasteiger partial charge is 0.319 e. The Morgan fingerprint density at radius 3 is 2.79 bits per heavy atom. The second-order valence-corrected chi connectivity index (χ2v) is 4.59. The van der Waals surface area contributed by atoms with E-state index in [0.717, 1.165) is 17.7 Å². The Bertz CT molecular complexity index is 613. The Morgan fingerprint density at radius 2 is 2.11 bits per heavy atom. The van der Waals surface area contributed by atoms with Crippen molar-refractivity contribution in [1.82, 2.24) is 9.97 Å². The zero-order valence-corrected chi connectivity index (χ0v) is 11.5. The van der Waals surface area contributed by atoms with Crippen molar-refractivity contribution < 1.29 is 4.79 Å². The minimum Gasteiger partial charge on any atom is -0.319 e. The van der Waals surface area contributed by atoms with Crippen molar-refractivity contribution in [2.75, 3.05) is 5.32 Å². The lowest BCUT2D eigenvalue weighted by Gasteiger charge is -2.07. The fourth-order valence-corrected chi connectivity index (χ4v) is 1.91. The van der Waals surface area contributed by atoms with Crippen LogP contribution in [0.2, 0.25) is 5.02 Å². The zero-order valence-electron chi connectivity index (χ0n) is 10.8. The molecule has 0 aliphatic heterocycles. The van der Waals surface area contributed by atoms with Crippen molar-refractivity contribution >= 4 is 23.2 Å². The molecule has 0 atom stereocenters. The lowest BCUT2D eigenvalue weighted by Crippen LogP contribution is -2.14. The van der Waals surface area contributed by atoms with Gasteiger partial charge in [0.05, 0.1) is 10.7 Å². The summed E-state index contributed by atoms with van der Waals surface area (Å²) in [5, 5.41) is 3.26. The van der Waals surface area contributed by atoms with Gasteiger partial charge in [-0.3, -0.25) is 4.79 Å². The SMILES string of the molecule is CCc1cc(C(=O)Nc2ccc(C)cc2Cl)ncn1. The maximum Gasteiger partial charge on any atom is 0.274 e. The predicted octanol–water partition coefficient (Wildman–Crippen LogP) is 3.25. The van der Waals surface area contributed by atoms with Gasteiger partial charge in [-0.25, -0.2) is 9.97 Å². The summed E-state index contributed by atoms with van der Waals surface area (Å²) in [4.78, 5) is 20.1. The maximum absolute atomic E-state index is 12.1. The molecule has 1 N–H and O–H groups in total. The topological polar surface area (TPSA) is 54.9 Å². The number of amides is 1. The van der Waals surface area contributed by atoms with Gasteiger partial charge in [0.25, 0.3) is 5.91 Å². The minimum absolute atomic E-state index is 0.289. The van der Waals surface area contributed by atoms with E-state index in [4.69, 9.17) is 11.6 Å². The van der Waals surface area contributed by atoms with Crippen molar-refractivity contribution in [3.63, 3.8) is 0 Å². The molecule has 1 aromatic carbocycles. The molecular formula is C14H14ClN3O.